The van der Waals surface area contributed by atoms with Crippen LogP contribution in [0.4, 0.5) is 0 Å². The van der Waals surface area contributed by atoms with Gasteiger partial charge in [-0.2, -0.15) is 4.98 Å². The van der Waals surface area contributed by atoms with Gasteiger partial charge >= 0.3 is 0 Å². The van der Waals surface area contributed by atoms with Gasteiger partial charge in [0.2, 0.25) is 11.7 Å². The first-order chi connectivity index (χ1) is 9.61. The zero-order chi connectivity index (χ0) is 14.5. The molecule has 0 aliphatic carbocycles. The van der Waals surface area contributed by atoms with Crippen molar-refractivity contribution in [3.05, 3.63) is 41.5 Å². The van der Waals surface area contributed by atoms with Gasteiger partial charge in [-0.1, -0.05) is 17.3 Å². The van der Waals surface area contributed by atoms with Crippen molar-refractivity contribution in [1.82, 2.24) is 15.2 Å². The summed E-state index contributed by atoms with van der Waals surface area (Å²) in [4.78, 5) is 21.0. The Kier molecular flexibility index (Phi) is 4.31. The third-order valence-electron chi connectivity index (χ3n) is 2.60. The normalized spacial score (nSPS) is 10.3. The van der Waals surface area contributed by atoms with Crippen LogP contribution < -0.4 is 4.74 Å². The number of carbonyl (C=O) groups is 1. The fourth-order valence-electron chi connectivity index (χ4n) is 1.56. The Morgan fingerprint density at radius 3 is 2.80 bits per heavy atom. The lowest BCUT2D eigenvalue weighted by molar-refractivity contribution is -0.0758. The summed E-state index contributed by atoms with van der Waals surface area (Å²) in [7, 11) is 2.95. The number of aryl methyl sites for hydroxylation is 1. The molecule has 0 saturated carbocycles. The Morgan fingerprint density at radius 2 is 2.15 bits per heavy atom. The second kappa shape index (κ2) is 6.16. The number of hydrogen-bond donors (Lipinski definition) is 0. The molecule has 0 N–H and O–H groups in total. The first kappa shape index (κ1) is 14.0. The Bertz CT molecular complexity index is 597. The van der Waals surface area contributed by atoms with Gasteiger partial charge in [-0.05, 0) is 12.1 Å². The number of ether oxygens (including phenoxy) is 1. The minimum absolute atomic E-state index is 0.123. The SMILES string of the molecule is CON(C)C(=O)c1ccccc1OCc1noc(C)n1. The van der Waals surface area contributed by atoms with E-state index in [4.69, 9.17) is 14.1 Å². The Morgan fingerprint density at radius 1 is 1.40 bits per heavy atom. The van der Waals surface area contributed by atoms with Crippen LogP contribution in [0.1, 0.15) is 22.1 Å². The number of hydrogen-bond acceptors (Lipinski definition) is 6. The lowest BCUT2D eigenvalue weighted by atomic mass is 10.2. The summed E-state index contributed by atoms with van der Waals surface area (Å²) in [5, 5.41) is 4.85. The summed E-state index contributed by atoms with van der Waals surface area (Å²) in [5.74, 6) is 1.02. The summed E-state index contributed by atoms with van der Waals surface area (Å²) in [6.07, 6.45) is 0. The van der Waals surface area contributed by atoms with Gasteiger partial charge in [0, 0.05) is 14.0 Å². The molecule has 0 saturated heterocycles. The molecular formula is C13H15N3O4. The molecule has 0 aliphatic rings. The second-order valence-corrected chi connectivity index (χ2v) is 4.00. The van der Waals surface area contributed by atoms with Gasteiger partial charge in [-0.15, -0.1) is 0 Å². The third kappa shape index (κ3) is 3.12. The molecule has 2 rings (SSSR count). The van der Waals surface area contributed by atoms with E-state index < -0.39 is 0 Å². The number of carbonyl (C=O) groups excluding carboxylic acids is 1. The summed E-state index contributed by atoms with van der Waals surface area (Å²) in [6, 6.07) is 6.89. The van der Waals surface area contributed by atoms with Gasteiger partial charge < -0.3 is 9.26 Å². The molecule has 0 aliphatic heterocycles. The average Bonchev–Trinajstić information content (AvgIpc) is 2.89. The smallest absolute Gasteiger partial charge is 0.280 e. The molecule has 7 nitrogen and oxygen atoms in total. The molecule has 0 unspecified atom stereocenters. The lowest BCUT2D eigenvalue weighted by Gasteiger charge is -2.16. The van der Waals surface area contributed by atoms with E-state index in [2.05, 4.69) is 10.1 Å². The predicted molar refractivity (Wildman–Crippen MR) is 68.9 cm³/mol. The van der Waals surface area contributed by atoms with Crippen molar-refractivity contribution in [2.45, 2.75) is 13.5 Å². The molecule has 1 amide bonds. The maximum Gasteiger partial charge on any atom is 0.280 e. The van der Waals surface area contributed by atoms with Crippen LogP contribution in [-0.2, 0) is 11.4 Å². The standard InChI is InChI=1S/C13H15N3O4/c1-9-14-12(15-20-9)8-19-11-7-5-4-6-10(11)13(17)16(2)18-3/h4-7H,8H2,1-3H3. The molecule has 0 atom stereocenters. The Labute approximate surface area is 116 Å². The van der Waals surface area contributed by atoms with Crippen LogP contribution in [0.2, 0.25) is 0 Å². The topological polar surface area (TPSA) is 77.7 Å². The molecule has 0 fully saturated rings. The molecule has 0 bridgehead atoms. The van der Waals surface area contributed by atoms with Crippen LogP contribution in [0.3, 0.4) is 0 Å². The molecule has 2 aromatic rings. The fraction of sp³-hybridized carbons (Fsp3) is 0.308. The van der Waals surface area contributed by atoms with Gasteiger partial charge in [0.05, 0.1) is 12.7 Å². The van der Waals surface area contributed by atoms with Crippen molar-refractivity contribution in [2.24, 2.45) is 0 Å². The predicted octanol–water partition coefficient (Wildman–Crippen LogP) is 1.59. The Hall–Kier alpha value is -2.41. The highest BCUT2D eigenvalue weighted by atomic mass is 16.7. The monoisotopic (exact) mass is 277 g/mol. The molecular weight excluding hydrogens is 262 g/mol. The van der Waals surface area contributed by atoms with Crippen LogP contribution in [-0.4, -0.2) is 35.3 Å². The van der Waals surface area contributed by atoms with E-state index in [0.717, 1.165) is 5.06 Å². The van der Waals surface area contributed by atoms with E-state index in [0.29, 0.717) is 23.0 Å². The van der Waals surface area contributed by atoms with Crippen molar-refractivity contribution in [3.63, 3.8) is 0 Å². The summed E-state index contributed by atoms with van der Waals surface area (Å²) in [6.45, 7) is 1.82. The lowest BCUT2D eigenvalue weighted by Crippen LogP contribution is -2.25. The highest BCUT2D eigenvalue weighted by Crippen LogP contribution is 2.20. The molecule has 7 heteroatoms. The highest BCUT2D eigenvalue weighted by molar-refractivity contribution is 5.96. The molecule has 20 heavy (non-hydrogen) atoms. The molecule has 0 spiro atoms. The number of rotatable bonds is 5. The van der Waals surface area contributed by atoms with Gasteiger partial charge in [-0.3, -0.25) is 9.63 Å². The fourth-order valence-corrected chi connectivity index (χ4v) is 1.56. The van der Waals surface area contributed by atoms with E-state index in [1.807, 2.05) is 0 Å². The van der Waals surface area contributed by atoms with Crippen molar-refractivity contribution >= 4 is 5.91 Å². The number of hydroxylamine groups is 2. The maximum absolute atomic E-state index is 12.1. The van der Waals surface area contributed by atoms with E-state index in [-0.39, 0.29) is 12.5 Å². The molecule has 0 radical (unpaired) electrons. The van der Waals surface area contributed by atoms with Crippen molar-refractivity contribution in [3.8, 4) is 5.75 Å². The average molecular weight is 277 g/mol. The Balaban J connectivity index is 2.13. The van der Waals surface area contributed by atoms with Crippen molar-refractivity contribution in [2.75, 3.05) is 14.2 Å². The number of nitrogens with zero attached hydrogens (tertiary/aromatic N) is 3. The number of para-hydroxylation sites is 1. The quantitative estimate of drug-likeness (QED) is 0.772. The van der Waals surface area contributed by atoms with Crippen LogP contribution in [0, 0.1) is 6.92 Å². The number of aromatic nitrogens is 2. The molecule has 1 aromatic carbocycles. The highest BCUT2D eigenvalue weighted by Gasteiger charge is 2.16. The third-order valence-corrected chi connectivity index (χ3v) is 2.60. The summed E-state index contributed by atoms with van der Waals surface area (Å²) < 4.78 is 10.4. The van der Waals surface area contributed by atoms with E-state index in [1.54, 1.807) is 31.2 Å². The molecule has 1 heterocycles. The van der Waals surface area contributed by atoms with Gasteiger partial charge in [0.1, 0.15) is 5.75 Å². The van der Waals surface area contributed by atoms with E-state index in [1.165, 1.54) is 14.2 Å². The summed E-state index contributed by atoms with van der Waals surface area (Å²) >= 11 is 0. The first-order valence-electron chi connectivity index (χ1n) is 5.95. The van der Waals surface area contributed by atoms with E-state index >= 15 is 0 Å². The maximum atomic E-state index is 12.1. The van der Waals surface area contributed by atoms with Crippen LogP contribution in [0.5, 0.6) is 5.75 Å². The van der Waals surface area contributed by atoms with Gasteiger partial charge in [-0.25, -0.2) is 5.06 Å². The van der Waals surface area contributed by atoms with Crippen LogP contribution in [0.15, 0.2) is 28.8 Å². The van der Waals surface area contributed by atoms with Crippen LogP contribution in [0.25, 0.3) is 0 Å². The number of amides is 1. The summed E-state index contributed by atoms with van der Waals surface area (Å²) in [5.41, 5.74) is 0.400. The van der Waals surface area contributed by atoms with E-state index in [9.17, 15) is 4.79 Å². The number of benzene rings is 1. The van der Waals surface area contributed by atoms with Gasteiger partial charge in [0.15, 0.2) is 6.61 Å². The van der Waals surface area contributed by atoms with Gasteiger partial charge in [0.25, 0.3) is 5.91 Å². The van der Waals surface area contributed by atoms with Crippen molar-refractivity contribution in [1.29, 1.82) is 0 Å². The zero-order valence-electron chi connectivity index (χ0n) is 11.5. The van der Waals surface area contributed by atoms with Crippen molar-refractivity contribution < 1.29 is 18.9 Å². The minimum Gasteiger partial charge on any atom is -0.485 e. The molecule has 106 valence electrons. The minimum atomic E-state index is -0.299. The second-order valence-electron chi connectivity index (χ2n) is 4.00. The zero-order valence-corrected chi connectivity index (χ0v) is 11.5. The largest absolute Gasteiger partial charge is 0.485 e. The first-order valence-corrected chi connectivity index (χ1v) is 5.95. The molecule has 1 aromatic heterocycles. The van der Waals surface area contributed by atoms with Crippen LogP contribution >= 0.6 is 0 Å².